The van der Waals surface area contributed by atoms with Gasteiger partial charge in [-0.05, 0) is 18.1 Å². The summed E-state index contributed by atoms with van der Waals surface area (Å²) in [7, 11) is 3.54. The van der Waals surface area contributed by atoms with Gasteiger partial charge in [-0.1, -0.05) is 6.07 Å². The Kier molecular flexibility index (Phi) is 4.92. The van der Waals surface area contributed by atoms with E-state index in [0.717, 1.165) is 17.7 Å². The van der Waals surface area contributed by atoms with Crippen molar-refractivity contribution in [3.05, 3.63) is 29.6 Å². The predicted molar refractivity (Wildman–Crippen MR) is 64.0 cm³/mol. The van der Waals surface area contributed by atoms with Crippen molar-refractivity contribution in [3.8, 4) is 0 Å². The first-order chi connectivity index (χ1) is 7.59. The lowest BCUT2D eigenvalue weighted by molar-refractivity contribution is -0.128. The molecule has 4 heteroatoms. The number of nitrogens with zero attached hydrogens (tertiary/aromatic N) is 2. The third-order valence-electron chi connectivity index (χ3n) is 2.28. The first kappa shape index (κ1) is 12.6. The Bertz CT molecular complexity index is 350. The summed E-state index contributed by atoms with van der Waals surface area (Å²) in [6, 6.07) is 2.09. The van der Waals surface area contributed by atoms with Crippen molar-refractivity contribution in [2.45, 2.75) is 19.9 Å². The van der Waals surface area contributed by atoms with Crippen molar-refractivity contribution < 1.29 is 4.79 Å². The Hall–Kier alpha value is -1.42. The summed E-state index contributed by atoms with van der Waals surface area (Å²) in [6.07, 6.45) is 4.21. The van der Waals surface area contributed by atoms with Crippen LogP contribution in [0.2, 0.25) is 0 Å². The number of aromatic nitrogens is 1. The normalized spacial score (nSPS) is 10.2. The highest BCUT2D eigenvalue weighted by Crippen LogP contribution is 2.00. The standard InChI is InChI=1S/C12H19N3O/c1-10-6-11(9-14-7-10)8-13-5-4-12(16)15(2)3/h6-7,9,13H,4-5,8H2,1-3H3. The summed E-state index contributed by atoms with van der Waals surface area (Å²) >= 11 is 0. The van der Waals surface area contributed by atoms with Gasteiger partial charge in [-0.2, -0.15) is 0 Å². The molecule has 0 aromatic carbocycles. The summed E-state index contributed by atoms with van der Waals surface area (Å²) in [5.74, 6) is 0.148. The second kappa shape index (κ2) is 6.23. The molecule has 0 unspecified atom stereocenters. The number of pyridine rings is 1. The van der Waals surface area contributed by atoms with Crippen LogP contribution in [0.5, 0.6) is 0 Å². The fourth-order valence-corrected chi connectivity index (χ4v) is 1.37. The molecule has 1 aromatic rings. The van der Waals surface area contributed by atoms with E-state index < -0.39 is 0 Å². The van der Waals surface area contributed by atoms with Crippen molar-refractivity contribution in [2.24, 2.45) is 0 Å². The predicted octanol–water partition coefficient (Wildman–Crippen LogP) is 0.958. The topological polar surface area (TPSA) is 45.2 Å². The number of carbonyl (C=O) groups is 1. The van der Waals surface area contributed by atoms with Crippen molar-refractivity contribution in [2.75, 3.05) is 20.6 Å². The number of nitrogens with one attached hydrogen (secondary N) is 1. The van der Waals surface area contributed by atoms with Gasteiger partial charge in [-0.3, -0.25) is 9.78 Å². The molecule has 4 nitrogen and oxygen atoms in total. The van der Waals surface area contributed by atoms with Crippen LogP contribution < -0.4 is 5.32 Å². The van der Waals surface area contributed by atoms with Gasteiger partial charge in [-0.25, -0.2) is 0 Å². The van der Waals surface area contributed by atoms with E-state index >= 15 is 0 Å². The first-order valence-electron chi connectivity index (χ1n) is 5.41. The van der Waals surface area contributed by atoms with E-state index in [1.54, 1.807) is 19.0 Å². The van der Waals surface area contributed by atoms with E-state index in [2.05, 4.69) is 16.4 Å². The van der Waals surface area contributed by atoms with Crippen molar-refractivity contribution in [1.82, 2.24) is 15.2 Å². The van der Waals surface area contributed by atoms with Crippen LogP contribution in [0.25, 0.3) is 0 Å². The van der Waals surface area contributed by atoms with Gasteiger partial charge >= 0.3 is 0 Å². The Morgan fingerprint density at radius 1 is 1.44 bits per heavy atom. The highest BCUT2D eigenvalue weighted by atomic mass is 16.2. The highest BCUT2D eigenvalue weighted by Gasteiger charge is 2.02. The minimum Gasteiger partial charge on any atom is -0.349 e. The van der Waals surface area contributed by atoms with Crippen LogP contribution in [-0.4, -0.2) is 36.4 Å². The van der Waals surface area contributed by atoms with Gasteiger partial charge in [0.15, 0.2) is 0 Å². The van der Waals surface area contributed by atoms with E-state index in [1.165, 1.54) is 0 Å². The molecule has 1 rings (SSSR count). The highest BCUT2D eigenvalue weighted by molar-refractivity contribution is 5.75. The minimum absolute atomic E-state index is 0.148. The maximum Gasteiger partial charge on any atom is 0.223 e. The largest absolute Gasteiger partial charge is 0.349 e. The molecule has 1 aromatic heterocycles. The Balaban J connectivity index is 2.23. The number of rotatable bonds is 5. The van der Waals surface area contributed by atoms with Gasteiger partial charge in [0, 0.05) is 46.0 Å². The average Bonchev–Trinajstić information content (AvgIpc) is 2.24. The second-order valence-corrected chi connectivity index (χ2v) is 4.09. The van der Waals surface area contributed by atoms with Crippen molar-refractivity contribution in [1.29, 1.82) is 0 Å². The fourth-order valence-electron chi connectivity index (χ4n) is 1.37. The summed E-state index contributed by atoms with van der Waals surface area (Å²) in [5.41, 5.74) is 2.31. The quantitative estimate of drug-likeness (QED) is 0.753. The Morgan fingerprint density at radius 3 is 2.81 bits per heavy atom. The molecule has 0 fully saturated rings. The maximum absolute atomic E-state index is 11.3. The lowest BCUT2D eigenvalue weighted by Crippen LogP contribution is -2.26. The summed E-state index contributed by atoms with van der Waals surface area (Å²) in [5, 5.41) is 3.23. The minimum atomic E-state index is 0.148. The molecule has 0 saturated heterocycles. The third-order valence-corrected chi connectivity index (χ3v) is 2.28. The van der Waals surface area contributed by atoms with Crippen molar-refractivity contribution in [3.63, 3.8) is 0 Å². The van der Waals surface area contributed by atoms with Gasteiger partial charge in [0.25, 0.3) is 0 Å². The molecule has 1 N–H and O–H groups in total. The third kappa shape index (κ3) is 4.40. The molecule has 0 atom stereocenters. The zero-order valence-electron chi connectivity index (χ0n) is 10.2. The van der Waals surface area contributed by atoms with Crippen LogP contribution in [0.3, 0.4) is 0 Å². The lowest BCUT2D eigenvalue weighted by Gasteiger charge is -2.10. The zero-order valence-corrected chi connectivity index (χ0v) is 10.2. The Labute approximate surface area is 96.7 Å². The van der Waals surface area contributed by atoms with Crippen molar-refractivity contribution >= 4 is 5.91 Å². The van der Waals surface area contributed by atoms with Crippen LogP contribution in [0, 0.1) is 6.92 Å². The molecule has 88 valence electrons. The monoisotopic (exact) mass is 221 g/mol. The van der Waals surface area contributed by atoms with Crippen LogP contribution >= 0.6 is 0 Å². The van der Waals surface area contributed by atoms with Gasteiger partial charge in [0.2, 0.25) is 5.91 Å². The molecule has 0 spiro atoms. The molecular weight excluding hydrogens is 202 g/mol. The Morgan fingerprint density at radius 2 is 2.19 bits per heavy atom. The molecule has 0 aliphatic carbocycles. The molecule has 0 aliphatic heterocycles. The average molecular weight is 221 g/mol. The lowest BCUT2D eigenvalue weighted by atomic mass is 10.2. The SMILES string of the molecule is Cc1cncc(CNCCC(=O)N(C)C)c1. The molecule has 16 heavy (non-hydrogen) atoms. The molecule has 0 bridgehead atoms. The number of hydrogen-bond donors (Lipinski definition) is 1. The zero-order chi connectivity index (χ0) is 12.0. The maximum atomic E-state index is 11.3. The number of carbonyl (C=O) groups excluding carboxylic acids is 1. The van der Waals surface area contributed by atoms with Gasteiger partial charge in [-0.15, -0.1) is 0 Å². The van der Waals surface area contributed by atoms with Gasteiger partial charge < -0.3 is 10.2 Å². The van der Waals surface area contributed by atoms with Crippen LogP contribution in [-0.2, 0) is 11.3 Å². The summed E-state index contributed by atoms with van der Waals surface area (Å²) in [6.45, 7) is 3.48. The second-order valence-electron chi connectivity index (χ2n) is 4.09. The summed E-state index contributed by atoms with van der Waals surface area (Å²) < 4.78 is 0. The summed E-state index contributed by atoms with van der Waals surface area (Å²) in [4.78, 5) is 17.0. The molecule has 0 saturated carbocycles. The van der Waals surface area contributed by atoms with E-state index in [1.807, 2.05) is 19.3 Å². The molecule has 1 amide bonds. The van der Waals surface area contributed by atoms with Crippen LogP contribution in [0.15, 0.2) is 18.5 Å². The molecule has 1 heterocycles. The van der Waals surface area contributed by atoms with E-state index in [0.29, 0.717) is 13.0 Å². The van der Waals surface area contributed by atoms with Gasteiger partial charge in [0.05, 0.1) is 0 Å². The first-order valence-corrected chi connectivity index (χ1v) is 5.41. The molecular formula is C12H19N3O. The van der Waals surface area contributed by atoms with E-state index in [4.69, 9.17) is 0 Å². The van der Waals surface area contributed by atoms with Crippen LogP contribution in [0.4, 0.5) is 0 Å². The molecule has 0 aliphatic rings. The molecule has 0 radical (unpaired) electrons. The number of amides is 1. The number of hydrogen-bond acceptors (Lipinski definition) is 3. The van der Waals surface area contributed by atoms with Gasteiger partial charge in [0.1, 0.15) is 0 Å². The fraction of sp³-hybridized carbons (Fsp3) is 0.500. The van der Waals surface area contributed by atoms with E-state index in [-0.39, 0.29) is 5.91 Å². The smallest absolute Gasteiger partial charge is 0.223 e. The van der Waals surface area contributed by atoms with E-state index in [9.17, 15) is 4.79 Å². The number of aryl methyl sites for hydroxylation is 1. The van der Waals surface area contributed by atoms with Crippen LogP contribution in [0.1, 0.15) is 17.5 Å².